The molecule has 1 aromatic heterocycles. The maximum absolute atomic E-state index is 12.9. The number of aromatic nitrogens is 2. The molecular formula is C13H13FN4O2S. The van der Waals surface area contributed by atoms with Crippen molar-refractivity contribution >= 4 is 23.7 Å². The number of imidazole rings is 1. The van der Waals surface area contributed by atoms with E-state index in [0.717, 1.165) is 17.3 Å². The second-order valence-corrected chi connectivity index (χ2v) is 5.55. The highest BCUT2D eigenvalue weighted by Gasteiger charge is 2.17. The summed E-state index contributed by atoms with van der Waals surface area (Å²) in [5.74, 6) is -0.808. The number of nitrogens with one attached hydrogen (secondary N) is 2. The van der Waals surface area contributed by atoms with E-state index >= 15 is 0 Å². The number of benzene rings is 1. The summed E-state index contributed by atoms with van der Waals surface area (Å²) in [6.07, 6.45) is 1.59. The molecule has 6 nitrogen and oxygen atoms in total. The summed E-state index contributed by atoms with van der Waals surface area (Å²) in [4.78, 5) is 29.3. The van der Waals surface area contributed by atoms with E-state index in [1.807, 2.05) is 5.32 Å². The van der Waals surface area contributed by atoms with Gasteiger partial charge in [0.15, 0.2) is 5.16 Å². The molecule has 0 fully saturated rings. The van der Waals surface area contributed by atoms with Crippen molar-refractivity contribution < 1.29 is 14.0 Å². The van der Waals surface area contributed by atoms with Crippen molar-refractivity contribution in [3.05, 3.63) is 36.3 Å². The minimum Gasteiger partial charge on any atom is -0.351 e. The monoisotopic (exact) mass is 308 g/mol. The number of hydrogen-bond donors (Lipinski definition) is 3. The molecule has 1 atom stereocenters. The number of halogens is 1. The SMILES string of the molecule is C[C@H](Sc1ncc(-c2ccc(F)cc2)[nH]1)C(=O)NC(N)=O. The van der Waals surface area contributed by atoms with Gasteiger partial charge in [0.25, 0.3) is 0 Å². The normalized spacial score (nSPS) is 11.9. The molecule has 110 valence electrons. The number of imide groups is 1. The fraction of sp³-hybridized carbons (Fsp3) is 0.154. The maximum Gasteiger partial charge on any atom is 0.318 e. The average molecular weight is 308 g/mol. The third-order valence-electron chi connectivity index (χ3n) is 2.61. The quantitative estimate of drug-likeness (QED) is 0.751. The molecule has 1 heterocycles. The van der Waals surface area contributed by atoms with Crippen LogP contribution in [0.4, 0.5) is 9.18 Å². The van der Waals surface area contributed by atoms with Crippen LogP contribution in [-0.4, -0.2) is 27.2 Å². The maximum atomic E-state index is 12.9. The molecule has 0 spiro atoms. The van der Waals surface area contributed by atoms with Crippen LogP contribution in [0.2, 0.25) is 0 Å². The number of carbonyl (C=O) groups excluding carboxylic acids is 2. The van der Waals surface area contributed by atoms with Crippen LogP contribution in [-0.2, 0) is 4.79 Å². The van der Waals surface area contributed by atoms with Crippen molar-refractivity contribution in [1.29, 1.82) is 0 Å². The van der Waals surface area contributed by atoms with Crippen molar-refractivity contribution in [3.63, 3.8) is 0 Å². The minimum atomic E-state index is -0.890. The topological polar surface area (TPSA) is 101 Å². The molecule has 1 aromatic carbocycles. The molecule has 0 saturated carbocycles. The number of H-pyrrole nitrogens is 1. The van der Waals surface area contributed by atoms with E-state index in [1.54, 1.807) is 25.3 Å². The summed E-state index contributed by atoms with van der Waals surface area (Å²) in [5, 5.41) is 1.98. The number of hydrogen-bond acceptors (Lipinski definition) is 4. The number of amides is 3. The van der Waals surface area contributed by atoms with E-state index in [9.17, 15) is 14.0 Å². The Morgan fingerprint density at radius 2 is 2.05 bits per heavy atom. The lowest BCUT2D eigenvalue weighted by molar-refractivity contribution is -0.119. The summed E-state index contributed by atoms with van der Waals surface area (Å²) >= 11 is 1.15. The molecule has 8 heteroatoms. The molecule has 3 amide bonds. The van der Waals surface area contributed by atoms with Gasteiger partial charge in [-0.1, -0.05) is 11.8 Å². The van der Waals surface area contributed by atoms with Crippen LogP contribution in [0.1, 0.15) is 6.92 Å². The molecule has 0 aliphatic rings. The zero-order valence-electron chi connectivity index (χ0n) is 11.1. The highest BCUT2D eigenvalue weighted by atomic mass is 32.2. The molecule has 0 radical (unpaired) electrons. The lowest BCUT2D eigenvalue weighted by atomic mass is 10.2. The summed E-state index contributed by atoms with van der Waals surface area (Å²) in [6, 6.07) is 5.07. The molecule has 0 aliphatic carbocycles. The lowest BCUT2D eigenvalue weighted by Crippen LogP contribution is -2.39. The van der Waals surface area contributed by atoms with Crippen molar-refractivity contribution in [3.8, 4) is 11.3 Å². The Morgan fingerprint density at radius 3 is 2.67 bits per heavy atom. The minimum absolute atomic E-state index is 0.315. The molecule has 2 rings (SSSR count). The first-order chi connectivity index (χ1) is 9.95. The highest BCUT2D eigenvalue weighted by Crippen LogP contribution is 2.24. The molecule has 0 aliphatic heterocycles. The van der Waals surface area contributed by atoms with Gasteiger partial charge in [-0.05, 0) is 36.8 Å². The molecule has 21 heavy (non-hydrogen) atoms. The fourth-order valence-corrected chi connectivity index (χ4v) is 2.37. The second-order valence-electron chi connectivity index (χ2n) is 4.22. The Kier molecular flexibility index (Phi) is 4.59. The van der Waals surface area contributed by atoms with Crippen molar-refractivity contribution in [2.24, 2.45) is 5.73 Å². The summed E-state index contributed by atoms with van der Waals surface area (Å²) in [7, 11) is 0. The molecule has 2 aromatic rings. The Labute approximate surface area is 124 Å². The molecule has 0 unspecified atom stereocenters. The Balaban J connectivity index is 2.04. The number of nitrogens with two attached hydrogens (primary N) is 1. The van der Waals surface area contributed by atoms with E-state index in [2.05, 4.69) is 9.97 Å². The van der Waals surface area contributed by atoms with E-state index in [4.69, 9.17) is 5.73 Å². The summed E-state index contributed by atoms with van der Waals surface area (Å²) in [6.45, 7) is 1.63. The third-order valence-corrected chi connectivity index (χ3v) is 3.61. The first kappa shape index (κ1) is 15.0. The van der Waals surface area contributed by atoms with Gasteiger partial charge in [-0.15, -0.1) is 0 Å². The standard InChI is InChI=1S/C13H13FN4O2S/c1-7(11(19)18-12(15)20)21-13-16-6-10(17-13)8-2-4-9(14)5-3-8/h2-7H,1H3,(H,16,17)(H3,15,18,19,20)/t7-/m0/s1. The Hall–Kier alpha value is -2.35. The number of thioether (sulfide) groups is 1. The number of carbonyl (C=O) groups is 2. The van der Waals surface area contributed by atoms with E-state index in [-0.39, 0.29) is 5.82 Å². The van der Waals surface area contributed by atoms with Gasteiger partial charge in [-0.2, -0.15) is 0 Å². The van der Waals surface area contributed by atoms with Gasteiger partial charge in [0.05, 0.1) is 17.1 Å². The molecule has 0 saturated heterocycles. The van der Waals surface area contributed by atoms with Crippen molar-refractivity contribution in [2.75, 3.05) is 0 Å². The zero-order chi connectivity index (χ0) is 15.4. The van der Waals surface area contributed by atoms with E-state index in [1.165, 1.54) is 12.1 Å². The number of nitrogens with zero attached hydrogens (tertiary/aromatic N) is 1. The van der Waals surface area contributed by atoms with Crippen LogP contribution < -0.4 is 11.1 Å². The molecule has 0 bridgehead atoms. The van der Waals surface area contributed by atoms with Gasteiger partial charge >= 0.3 is 6.03 Å². The smallest absolute Gasteiger partial charge is 0.318 e. The number of urea groups is 1. The van der Waals surface area contributed by atoms with Crippen LogP contribution in [0.5, 0.6) is 0 Å². The Bertz CT molecular complexity index is 656. The number of rotatable bonds is 4. The average Bonchev–Trinajstić information content (AvgIpc) is 2.87. The van der Waals surface area contributed by atoms with Crippen molar-refractivity contribution in [1.82, 2.24) is 15.3 Å². The lowest BCUT2D eigenvalue weighted by Gasteiger charge is -2.07. The predicted octanol–water partition coefficient (Wildman–Crippen LogP) is 1.89. The molecule has 4 N–H and O–H groups in total. The Morgan fingerprint density at radius 1 is 1.38 bits per heavy atom. The van der Waals surface area contributed by atoms with Gasteiger partial charge in [-0.3, -0.25) is 10.1 Å². The van der Waals surface area contributed by atoms with Crippen LogP contribution in [0, 0.1) is 5.82 Å². The van der Waals surface area contributed by atoms with Crippen LogP contribution in [0.25, 0.3) is 11.3 Å². The van der Waals surface area contributed by atoms with E-state index in [0.29, 0.717) is 10.9 Å². The van der Waals surface area contributed by atoms with Gasteiger partial charge in [0, 0.05) is 0 Å². The predicted molar refractivity (Wildman–Crippen MR) is 77.0 cm³/mol. The molecular weight excluding hydrogens is 295 g/mol. The number of aromatic amines is 1. The zero-order valence-corrected chi connectivity index (χ0v) is 11.9. The van der Waals surface area contributed by atoms with Crippen LogP contribution in [0.3, 0.4) is 0 Å². The van der Waals surface area contributed by atoms with Crippen LogP contribution >= 0.6 is 11.8 Å². The van der Waals surface area contributed by atoms with Gasteiger partial charge < -0.3 is 10.7 Å². The van der Waals surface area contributed by atoms with Crippen LogP contribution in [0.15, 0.2) is 35.6 Å². The largest absolute Gasteiger partial charge is 0.351 e. The summed E-state index contributed by atoms with van der Waals surface area (Å²) in [5.41, 5.74) is 6.37. The van der Waals surface area contributed by atoms with E-state index < -0.39 is 17.2 Å². The summed E-state index contributed by atoms with van der Waals surface area (Å²) < 4.78 is 12.9. The van der Waals surface area contributed by atoms with Gasteiger partial charge in [0.2, 0.25) is 5.91 Å². The third kappa shape index (κ3) is 4.06. The fourth-order valence-electron chi connectivity index (χ4n) is 1.58. The number of primary amides is 1. The first-order valence-electron chi connectivity index (χ1n) is 6.03. The van der Waals surface area contributed by atoms with Gasteiger partial charge in [-0.25, -0.2) is 14.2 Å². The first-order valence-corrected chi connectivity index (χ1v) is 6.91. The highest BCUT2D eigenvalue weighted by molar-refractivity contribution is 8.00. The van der Waals surface area contributed by atoms with Crippen molar-refractivity contribution in [2.45, 2.75) is 17.3 Å². The second kappa shape index (κ2) is 6.40. The van der Waals surface area contributed by atoms with Gasteiger partial charge in [0.1, 0.15) is 5.82 Å².